The maximum atomic E-state index is 14.0. The second kappa shape index (κ2) is 12.6. The Hall–Kier alpha value is -6.78. The molecule has 0 amide bonds. The quantitative estimate of drug-likeness (QED) is 0.164. The maximum Gasteiger partial charge on any atom is 0.318 e. The first-order valence-electron chi connectivity index (χ1n) is 21.3. The van der Waals surface area contributed by atoms with E-state index in [1.807, 2.05) is 24.3 Å². The summed E-state index contributed by atoms with van der Waals surface area (Å²) in [5.41, 5.74) is 7.80. The lowest BCUT2D eigenvalue weighted by Crippen LogP contribution is -2.36. The molecule has 0 saturated carbocycles. The van der Waals surface area contributed by atoms with E-state index < -0.39 is 17.4 Å². The molecule has 1 aliphatic rings. The van der Waals surface area contributed by atoms with Crippen LogP contribution in [0.5, 0.6) is 0 Å². The van der Waals surface area contributed by atoms with Gasteiger partial charge in [0.05, 0.1) is 0 Å². The largest absolute Gasteiger partial charge is 0.481 e. The zero-order chi connectivity index (χ0) is 42.3. The highest BCUT2D eigenvalue weighted by atomic mass is 16.4. The first-order valence-corrected chi connectivity index (χ1v) is 21.3. The van der Waals surface area contributed by atoms with E-state index in [0.717, 1.165) is 54.9 Å². The highest BCUT2D eigenvalue weighted by Crippen LogP contribution is 2.54. The molecule has 0 atom stereocenters. The van der Waals surface area contributed by atoms with E-state index in [4.69, 9.17) is 0 Å². The van der Waals surface area contributed by atoms with Crippen molar-refractivity contribution < 1.29 is 19.8 Å². The van der Waals surface area contributed by atoms with Gasteiger partial charge in [0.15, 0.2) is 0 Å². The third-order valence-electron chi connectivity index (χ3n) is 13.9. The highest BCUT2D eigenvalue weighted by Gasteiger charge is 2.50. The standard InChI is InChI=1S/C57H46O4/c1-55(2,3)39-25-35-9-7-31-11-17-41(45-21-15-37(27-39)50(35)52(31)45)33-13-19-43-44-20-14-34(30-48(44)57(54(60)61,47(43)29-33)24-23-49(58)59)42-18-12-32-8-10-36-26-40(56(4,5)6)28-38-16-22-46(42)53(32)51(36)38/h7-22,25-30H,23-24H2,1-6H3,(H,58,59)(H,60,61). The van der Waals surface area contributed by atoms with Crippen LogP contribution >= 0.6 is 0 Å². The first kappa shape index (κ1) is 37.2. The normalized spacial score (nSPS) is 13.9. The Morgan fingerprint density at radius 2 is 0.803 bits per heavy atom. The second-order valence-corrected chi connectivity index (χ2v) is 19.5. The molecule has 0 heterocycles. The number of carboxylic acid groups (broad SMARTS) is 2. The predicted molar refractivity (Wildman–Crippen MR) is 253 cm³/mol. The molecule has 4 heteroatoms. The molecule has 0 radical (unpaired) electrons. The lowest BCUT2D eigenvalue weighted by atomic mass is 9.73. The number of rotatable bonds is 6. The van der Waals surface area contributed by atoms with Gasteiger partial charge in [-0.1, -0.05) is 163 Å². The topological polar surface area (TPSA) is 74.6 Å². The number of carboxylic acids is 2. The van der Waals surface area contributed by atoms with Gasteiger partial charge in [-0.2, -0.15) is 0 Å². The van der Waals surface area contributed by atoms with Gasteiger partial charge in [0, 0.05) is 6.42 Å². The van der Waals surface area contributed by atoms with Crippen LogP contribution in [-0.4, -0.2) is 22.2 Å². The Bertz CT molecular complexity index is 3250. The Morgan fingerprint density at radius 1 is 0.443 bits per heavy atom. The summed E-state index contributed by atoms with van der Waals surface area (Å²) in [7, 11) is 0. The van der Waals surface area contributed by atoms with Gasteiger partial charge in [0.25, 0.3) is 0 Å². The zero-order valence-electron chi connectivity index (χ0n) is 35.3. The van der Waals surface area contributed by atoms with Crippen LogP contribution in [0.25, 0.3) is 98.0 Å². The Labute approximate surface area is 354 Å². The van der Waals surface area contributed by atoms with Crippen molar-refractivity contribution in [2.45, 2.75) is 70.6 Å². The molecule has 4 nitrogen and oxygen atoms in total. The van der Waals surface area contributed by atoms with Gasteiger partial charge in [-0.3, -0.25) is 9.59 Å². The molecule has 0 unspecified atom stereocenters. The number of carbonyl (C=O) groups is 2. The van der Waals surface area contributed by atoms with Crippen LogP contribution in [0.15, 0.2) is 133 Å². The summed E-state index contributed by atoms with van der Waals surface area (Å²) >= 11 is 0. The number of hydrogen-bond donors (Lipinski definition) is 2. The van der Waals surface area contributed by atoms with Gasteiger partial charge >= 0.3 is 11.9 Å². The van der Waals surface area contributed by atoms with E-state index in [1.54, 1.807) is 0 Å². The first-order chi connectivity index (χ1) is 29.1. The number of hydrogen-bond acceptors (Lipinski definition) is 2. The second-order valence-electron chi connectivity index (χ2n) is 19.5. The Balaban J connectivity index is 1.09. The summed E-state index contributed by atoms with van der Waals surface area (Å²) < 4.78 is 0. The van der Waals surface area contributed by atoms with Crippen LogP contribution < -0.4 is 0 Å². The molecule has 10 aromatic rings. The van der Waals surface area contributed by atoms with Crippen molar-refractivity contribution in [1.29, 1.82) is 0 Å². The van der Waals surface area contributed by atoms with Crippen LogP contribution in [0.2, 0.25) is 0 Å². The van der Waals surface area contributed by atoms with Gasteiger partial charge in [-0.25, -0.2) is 0 Å². The van der Waals surface area contributed by atoms with Crippen molar-refractivity contribution >= 4 is 76.6 Å². The summed E-state index contributed by atoms with van der Waals surface area (Å²) in [5, 5.41) is 35.7. The van der Waals surface area contributed by atoms with E-state index >= 15 is 0 Å². The SMILES string of the molecule is CC(C)(C)c1cc2ccc3ccc(-c4ccc5c(c4)C(CCC(=O)O)(C(=O)O)c4cc(-c6ccc7ccc8cc(C(C)(C)C)cc9ccc6c7c89)ccc4-5)c4ccc(c1)c2c34. The fourth-order valence-corrected chi connectivity index (χ4v) is 10.7. The van der Waals surface area contributed by atoms with E-state index in [2.05, 4.69) is 151 Å². The molecular formula is C57H46O4. The number of fused-ring (bicyclic) bond motifs is 3. The third kappa shape index (κ3) is 5.37. The van der Waals surface area contributed by atoms with Crippen LogP contribution in [-0.2, 0) is 25.8 Å². The molecule has 61 heavy (non-hydrogen) atoms. The van der Waals surface area contributed by atoms with Crippen LogP contribution in [0.1, 0.15) is 76.6 Å². The minimum atomic E-state index is -1.57. The number of aliphatic carboxylic acids is 2. The summed E-state index contributed by atoms with van der Waals surface area (Å²) in [4.78, 5) is 26.3. The lowest BCUT2D eigenvalue weighted by Gasteiger charge is -2.28. The minimum Gasteiger partial charge on any atom is -0.481 e. The molecule has 298 valence electrons. The molecule has 11 rings (SSSR count). The summed E-state index contributed by atoms with van der Waals surface area (Å²) in [6.07, 6.45) is -0.363. The van der Waals surface area contributed by atoms with Gasteiger partial charge < -0.3 is 10.2 Å². The molecule has 1 aliphatic carbocycles. The molecule has 0 aromatic heterocycles. The van der Waals surface area contributed by atoms with Gasteiger partial charge in [-0.05, 0) is 150 Å². The van der Waals surface area contributed by atoms with Crippen LogP contribution in [0.3, 0.4) is 0 Å². The molecule has 2 N–H and O–H groups in total. The maximum absolute atomic E-state index is 14.0. The zero-order valence-corrected chi connectivity index (χ0v) is 35.3. The minimum absolute atomic E-state index is 0.00828. The monoisotopic (exact) mass is 794 g/mol. The molecule has 10 aromatic carbocycles. The molecular weight excluding hydrogens is 749 g/mol. The summed E-state index contributed by atoms with van der Waals surface area (Å²) in [6.45, 7) is 13.5. The predicted octanol–water partition coefficient (Wildman–Crippen LogP) is 14.6. The Kier molecular flexibility index (Phi) is 7.71. The average Bonchev–Trinajstić information content (AvgIpc) is 3.52. The molecule has 0 saturated heterocycles. The molecule has 0 bridgehead atoms. The summed E-state index contributed by atoms with van der Waals surface area (Å²) in [5.74, 6) is -2.07. The van der Waals surface area contributed by atoms with Crippen molar-refractivity contribution in [3.8, 4) is 33.4 Å². The van der Waals surface area contributed by atoms with Crippen molar-refractivity contribution in [2.75, 3.05) is 0 Å². The van der Waals surface area contributed by atoms with Crippen molar-refractivity contribution in [3.63, 3.8) is 0 Å². The number of benzene rings is 10. The average molecular weight is 795 g/mol. The van der Waals surface area contributed by atoms with Crippen molar-refractivity contribution in [2.24, 2.45) is 0 Å². The van der Waals surface area contributed by atoms with Crippen molar-refractivity contribution in [1.82, 2.24) is 0 Å². The lowest BCUT2D eigenvalue weighted by molar-refractivity contribution is -0.143. The fourth-order valence-electron chi connectivity index (χ4n) is 10.7. The van der Waals surface area contributed by atoms with E-state index in [9.17, 15) is 19.8 Å². The smallest absolute Gasteiger partial charge is 0.318 e. The van der Waals surface area contributed by atoms with Crippen molar-refractivity contribution in [3.05, 3.63) is 156 Å². The summed E-state index contributed by atoms with van der Waals surface area (Å²) in [6, 6.07) is 47.8. The highest BCUT2D eigenvalue weighted by molar-refractivity contribution is 6.27. The van der Waals surface area contributed by atoms with E-state index in [-0.39, 0.29) is 23.7 Å². The molecule has 0 fully saturated rings. The molecule has 0 spiro atoms. The van der Waals surface area contributed by atoms with E-state index in [0.29, 0.717) is 11.1 Å². The van der Waals surface area contributed by atoms with Crippen LogP contribution in [0, 0.1) is 0 Å². The Morgan fingerprint density at radius 3 is 1.18 bits per heavy atom. The fraction of sp³-hybridized carbons (Fsp3) is 0.193. The van der Waals surface area contributed by atoms with Gasteiger partial charge in [0.1, 0.15) is 5.41 Å². The van der Waals surface area contributed by atoms with Crippen LogP contribution in [0.4, 0.5) is 0 Å². The van der Waals surface area contributed by atoms with E-state index in [1.165, 1.54) is 54.2 Å². The molecule has 0 aliphatic heterocycles. The van der Waals surface area contributed by atoms with Gasteiger partial charge in [0.2, 0.25) is 0 Å². The van der Waals surface area contributed by atoms with Gasteiger partial charge in [-0.15, -0.1) is 0 Å². The third-order valence-corrected chi connectivity index (χ3v) is 13.9.